The Bertz CT molecular complexity index is 600. The van der Waals surface area contributed by atoms with Crippen molar-refractivity contribution in [1.82, 2.24) is 19.7 Å². The van der Waals surface area contributed by atoms with Gasteiger partial charge in [-0.05, 0) is 31.0 Å². The molecule has 2 rings (SSSR count). The van der Waals surface area contributed by atoms with E-state index >= 15 is 0 Å². The zero-order valence-corrected chi connectivity index (χ0v) is 12.9. The van der Waals surface area contributed by atoms with Gasteiger partial charge in [0, 0.05) is 18.8 Å². The monoisotopic (exact) mass is 306 g/mol. The Balaban J connectivity index is 2.33. The van der Waals surface area contributed by atoms with Crippen LogP contribution in [0.3, 0.4) is 0 Å². The van der Waals surface area contributed by atoms with Crippen LogP contribution in [-0.4, -0.2) is 36.6 Å². The predicted octanol–water partition coefficient (Wildman–Crippen LogP) is 2.41. The van der Waals surface area contributed by atoms with Gasteiger partial charge >= 0.3 is 5.97 Å². The van der Waals surface area contributed by atoms with Crippen LogP contribution in [0.2, 0.25) is 0 Å². The maximum atomic E-state index is 10.8. The first-order valence-corrected chi connectivity index (χ1v) is 7.80. The van der Waals surface area contributed by atoms with Crippen LogP contribution in [0.4, 0.5) is 0 Å². The largest absolute Gasteiger partial charge is 0.481 e. The number of carboxylic acid groups (broad SMARTS) is 1. The van der Waals surface area contributed by atoms with Gasteiger partial charge in [0.15, 0.2) is 5.16 Å². The lowest BCUT2D eigenvalue weighted by Crippen LogP contribution is -2.13. The van der Waals surface area contributed by atoms with E-state index in [4.69, 9.17) is 5.11 Å². The van der Waals surface area contributed by atoms with Crippen LogP contribution < -0.4 is 0 Å². The predicted molar refractivity (Wildman–Crippen MR) is 80.4 cm³/mol. The molecule has 0 saturated heterocycles. The minimum Gasteiger partial charge on any atom is -0.481 e. The molecule has 0 aliphatic carbocycles. The molecule has 21 heavy (non-hydrogen) atoms. The summed E-state index contributed by atoms with van der Waals surface area (Å²) in [6.45, 7) is 4.14. The van der Waals surface area contributed by atoms with Crippen molar-refractivity contribution in [2.45, 2.75) is 37.9 Å². The number of aromatic nitrogens is 4. The van der Waals surface area contributed by atoms with Gasteiger partial charge in [-0.2, -0.15) is 0 Å². The molecule has 1 N–H and O–H groups in total. The fourth-order valence-electron chi connectivity index (χ4n) is 2.11. The molecule has 2 aromatic rings. The number of carboxylic acids is 1. The average molecular weight is 306 g/mol. The van der Waals surface area contributed by atoms with E-state index in [1.54, 1.807) is 12.4 Å². The molecule has 1 unspecified atom stereocenters. The number of thioether (sulfide) groups is 1. The Morgan fingerprint density at radius 1 is 1.38 bits per heavy atom. The fraction of sp³-hybridized carbons (Fsp3) is 0.429. The number of pyridine rings is 1. The van der Waals surface area contributed by atoms with E-state index < -0.39 is 5.97 Å². The van der Waals surface area contributed by atoms with Crippen molar-refractivity contribution < 1.29 is 9.90 Å². The normalized spacial score (nSPS) is 12.3. The van der Waals surface area contributed by atoms with Crippen molar-refractivity contribution in [3.05, 3.63) is 35.9 Å². The standard InChI is InChI=1S/C14H18N4O2S/c1-3-4-12-16-17-14(21-9-13(19)20)18(12)10(2)11-5-7-15-8-6-11/h5-8,10H,3-4,9H2,1-2H3,(H,19,20). The molecule has 0 aromatic carbocycles. The van der Waals surface area contributed by atoms with Crippen molar-refractivity contribution in [3.63, 3.8) is 0 Å². The van der Waals surface area contributed by atoms with Gasteiger partial charge in [-0.3, -0.25) is 14.3 Å². The molecule has 0 spiro atoms. The van der Waals surface area contributed by atoms with Gasteiger partial charge in [0.25, 0.3) is 0 Å². The fourth-order valence-corrected chi connectivity index (χ4v) is 2.86. The Morgan fingerprint density at radius 2 is 2.10 bits per heavy atom. The molecule has 1 atom stereocenters. The average Bonchev–Trinajstić information content (AvgIpc) is 2.88. The van der Waals surface area contributed by atoms with Crippen LogP contribution in [0, 0.1) is 0 Å². The second-order valence-electron chi connectivity index (χ2n) is 4.66. The van der Waals surface area contributed by atoms with Gasteiger partial charge in [0.2, 0.25) is 0 Å². The molecule has 0 saturated carbocycles. The molecule has 0 aliphatic rings. The molecule has 0 aliphatic heterocycles. The molecule has 112 valence electrons. The Labute approximate surface area is 127 Å². The van der Waals surface area contributed by atoms with E-state index in [-0.39, 0.29) is 11.8 Å². The topological polar surface area (TPSA) is 80.9 Å². The minimum absolute atomic E-state index is 0.0205. The lowest BCUT2D eigenvalue weighted by Gasteiger charge is -2.18. The first kappa shape index (κ1) is 15.5. The van der Waals surface area contributed by atoms with E-state index in [1.807, 2.05) is 16.7 Å². The molecule has 6 nitrogen and oxygen atoms in total. The molecule has 0 amide bonds. The summed E-state index contributed by atoms with van der Waals surface area (Å²) in [5.41, 5.74) is 1.10. The van der Waals surface area contributed by atoms with Gasteiger partial charge in [0.1, 0.15) is 5.82 Å². The minimum atomic E-state index is -0.858. The van der Waals surface area contributed by atoms with E-state index in [1.165, 1.54) is 11.8 Å². The summed E-state index contributed by atoms with van der Waals surface area (Å²) in [5, 5.41) is 17.9. The quantitative estimate of drug-likeness (QED) is 0.791. The highest BCUT2D eigenvalue weighted by Gasteiger charge is 2.19. The smallest absolute Gasteiger partial charge is 0.313 e. The summed E-state index contributed by atoms with van der Waals surface area (Å²) in [6, 6.07) is 3.94. The lowest BCUT2D eigenvalue weighted by molar-refractivity contribution is -0.133. The molecule has 0 radical (unpaired) electrons. The highest BCUT2D eigenvalue weighted by molar-refractivity contribution is 7.99. The Morgan fingerprint density at radius 3 is 2.71 bits per heavy atom. The molecule has 2 heterocycles. The summed E-state index contributed by atoms with van der Waals surface area (Å²) in [5.74, 6) is 0.00528. The summed E-state index contributed by atoms with van der Waals surface area (Å²) >= 11 is 1.20. The summed E-state index contributed by atoms with van der Waals surface area (Å²) in [4.78, 5) is 14.8. The van der Waals surface area contributed by atoms with Gasteiger partial charge in [-0.1, -0.05) is 18.7 Å². The second-order valence-corrected chi connectivity index (χ2v) is 5.60. The molecule has 2 aromatic heterocycles. The SMILES string of the molecule is CCCc1nnc(SCC(=O)O)n1C(C)c1ccncc1. The summed E-state index contributed by atoms with van der Waals surface area (Å²) in [6.07, 6.45) is 5.28. The summed E-state index contributed by atoms with van der Waals surface area (Å²) in [7, 11) is 0. The molecule has 7 heteroatoms. The van der Waals surface area contributed by atoms with Crippen LogP contribution in [0.5, 0.6) is 0 Å². The molecule has 0 bridgehead atoms. The van der Waals surface area contributed by atoms with Crippen LogP contribution in [-0.2, 0) is 11.2 Å². The molecular weight excluding hydrogens is 288 g/mol. The van der Waals surface area contributed by atoms with Crippen molar-refractivity contribution in [2.75, 3.05) is 5.75 Å². The van der Waals surface area contributed by atoms with Gasteiger partial charge in [0.05, 0.1) is 11.8 Å². The van der Waals surface area contributed by atoms with Crippen molar-refractivity contribution in [3.8, 4) is 0 Å². The maximum Gasteiger partial charge on any atom is 0.313 e. The Hall–Kier alpha value is -1.89. The number of aryl methyl sites for hydroxylation is 1. The molecule has 0 fully saturated rings. The third-order valence-corrected chi connectivity index (χ3v) is 4.04. The third kappa shape index (κ3) is 3.81. The van der Waals surface area contributed by atoms with E-state index in [2.05, 4.69) is 29.0 Å². The van der Waals surface area contributed by atoms with E-state index in [9.17, 15) is 4.79 Å². The summed E-state index contributed by atoms with van der Waals surface area (Å²) < 4.78 is 2.02. The van der Waals surface area contributed by atoms with Crippen LogP contribution in [0.25, 0.3) is 0 Å². The lowest BCUT2D eigenvalue weighted by atomic mass is 10.1. The first-order valence-electron chi connectivity index (χ1n) is 6.81. The Kier molecular flexibility index (Phi) is 5.32. The first-order chi connectivity index (χ1) is 10.1. The van der Waals surface area contributed by atoms with Crippen molar-refractivity contribution in [1.29, 1.82) is 0 Å². The number of nitrogens with zero attached hydrogens (tertiary/aromatic N) is 4. The highest BCUT2D eigenvalue weighted by atomic mass is 32.2. The third-order valence-electron chi connectivity index (χ3n) is 3.11. The van der Waals surface area contributed by atoms with Crippen LogP contribution in [0.15, 0.2) is 29.7 Å². The number of rotatable bonds is 7. The van der Waals surface area contributed by atoms with Crippen molar-refractivity contribution >= 4 is 17.7 Å². The number of carbonyl (C=O) groups is 1. The zero-order valence-electron chi connectivity index (χ0n) is 12.1. The maximum absolute atomic E-state index is 10.8. The highest BCUT2D eigenvalue weighted by Crippen LogP contribution is 2.26. The number of hydrogen-bond acceptors (Lipinski definition) is 5. The van der Waals surface area contributed by atoms with Gasteiger partial charge < -0.3 is 5.11 Å². The van der Waals surface area contributed by atoms with E-state index in [0.29, 0.717) is 5.16 Å². The van der Waals surface area contributed by atoms with Crippen molar-refractivity contribution in [2.24, 2.45) is 0 Å². The second kappa shape index (κ2) is 7.21. The zero-order chi connectivity index (χ0) is 15.2. The molecular formula is C14H18N4O2S. The van der Waals surface area contributed by atoms with Gasteiger partial charge in [-0.25, -0.2) is 0 Å². The van der Waals surface area contributed by atoms with Gasteiger partial charge in [-0.15, -0.1) is 10.2 Å². The number of hydrogen-bond donors (Lipinski definition) is 1. The van der Waals surface area contributed by atoms with E-state index in [0.717, 1.165) is 24.2 Å². The number of aliphatic carboxylic acids is 1. The van der Waals surface area contributed by atoms with Crippen LogP contribution >= 0.6 is 11.8 Å². The van der Waals surface area contributed by atoms with Crippen LogP contribution in [0.1, 0.15) is 37.7 Å².